The quantitative estimate of drug-likeness (QED) is 0.540. The molecule has 8 heteroatoms. The molecule has 0 bridgehead atoms. The zero-order chi connectivity index (χ0) is 19.3. The second kappa shape index (κ2) is 8.01. The molecule has 0 radical (unpaired) electrons. The van der Waals surface area contributed by atoms with Gasteiger partial charge in [0.15, 0.2) is 5.82 Å². The zero-order valence-corrected chi connectivity index (χ0v) is 15.9. The predicted molar refractivity (Wildman–Crippen MR) is 107 cm³/mol. The van der Waals surface area contributed by atoms with Crippen molar-refractivity contribution in [1.82, 2.24) is 19.7 Å². The minimum Gasteiger partial charge on any atom is -0.487 e. The highest BCUT2D eigenvalue weighted by Gasteiger charge is 2.08. The van der Waals surface area contributed by atoms with Crippen LogP contribution in [0.4, 0.5) is 5.69 Å². The first-order chi connectivity index (χ1) is 13.7. The van der Waals surface area contributed by atoms with Gasteiger partial charge < -0.3 is 10.1 Å². The van der Waals surface area contributed by atoms with E-state index in [1.165, 1.54) is 0 Å². The smallest absolute Gasteiger partial charge is 0.255 e. The number of anilines is 1. The lowest BCUT2D eigenvalue weighted by Crippen LogP contribution is -2.12. The largest absolute Gasteiger partial charge is 0.487 e. The topological polar surface area (TPSA) is 81.9 Å². The number of aryl methyl sites for hydroxylation is 1. The number of nitrogens with zero attached hydrogens (tertiary/aromatic N) is 4. The number of amides is 1. The van der Waals surface area contributed by atoms with Gasteiger partial charge in [0.25, 0.3) is 5.91 Å². The second-order valence-corrected chi connectivity index (χ2v) is 7.04. The first kappa shape index (κ1) is 17.9. The van der Waals surface area contributed by atoms with E-state index < -0.39 is 0 Å². The minimum atomic E-state index is -0.213. The van der Waals surface area contributed by atoms with Crippen molar-refractivity contribution < 1.29 is 9.53 Å². The summed E-state index contributed by atoms with van der Waals surface area (Å²) in [5.74, 6) is 1.16. The van der Waals surface area contributed by atoms with Crippen LogP contribution in [0, 0.1) is 6.92 Å². The monoisotopic (exact) mass is 391 g/mol. The Morgan fingerprint density at radius 3 is 2.71 bits per heavy atom. The number of thiazole rings is 1. The van der Waals surface area contributed by atoms with Crippen LogP contribution in [0.25, 0.3) is 5.82 Å². The van der Waals surface area contributed by atoms with Crippen LogP contribution in [0.2, 0.25) is 0 Å². The van der Waals surface area contributed by atoms with Crippen LogP contribution in [0.1, 0.15) is 21.1 Å². The maximum Gasteiger partial charge on any atom is 0.255 e. The minimum absolute atomic E-state index is 0.213. The maximum atomic E-state index is 12.4. The highest BCUT2D eigenvalue weighted by Crippen LogP contribution is 2.17. The van der Waals surface area contributed by atoms with Crippen LogP contribution in [-0.2, 0) is 6.61 Å². The normalized spacial score (nSPS) is 10.6. The van der Waals surface area contributed by atoms with E-state index in [0.29, 0.717) is 29.4 Å². The summed E-state index contributed by atoms with van der Waals surface area (Å²) in [5.41, 5.74) is 2.04. The Labute approximate surface area is 165 Å². The first-order valence-electron chi connectivity index (χ1n) is 8.59. The average molecular weight is 391 g/mol. The Morgan fingerprint density at radius 2 is 2.07 bits per heavy atom. The molecule has 1 amide bonds. The van der Waals surface area contributed by atoms with Crippen LogP contribution in [0.5, 0.6) is 5.75 Å². The fourth-order valence-electron chi connectivity index (χ4n) is 2.54. The molecule has 3 aromatic heterocycles. The van der Waals surface area contributed by atoms with E-state index in [9.17, 15) is 4.79 Å². The van der Waals surface area contributed by atoms with Crippen molar-refractivity contribution in [1.29, 1.82) is 0 Å². The van der Waals surface area contributed by atoms with Gasteiger partial charge in [-0.3, -0.25) is 4.79 Å². The van der Waals surface area contributed by atoms with Crippen molar-refractivity contribution in [3.05, 3.63) is 82.7 Å². The van der Waals surface area contributed by atoms with E-state index >= 15 is 0 Å². The van der Waals surface area contributed by atoms with Crippen LogP contribution in [0.15, 0.2) is 66.4 Å². The van der Waals surface area contributed by atoms with Gasteiger partial charge >= 0.3 is 0 Å². The fraction of sp³-hybridized carbons (Fsp3) is 0.100. The summed E-state index contributed by atoms with van der Waals surface area (Å²) in [7, 11) is 0. The van der Waals surface area contributed by atoms with Gasteiger partial charge in [-0.1, -0.05) is 0 Å². The molecule has 0 unspecified atom stereocenters. The molecule has 0 fully saturated rings. The van der Waals surface area contributed by atoms with Crippen molar-refractivity contribution in [2.24, 2.45) is 0 Å². The van der Waals surface area contributed by atoms with Crippen LogP contribution >= 0.6 is 11.3 Å². The molecule has 1 aromatic carbocycles. The van der Waals surface area contributed by atoms with Gasteiger partial charge in [-0.2, -0.15) is 5.10 Å². The highest BCUT2D eigenvalue weighted by atomic mass is 32.1. The summed E-state index contributed by atoms with van der Waals surface area (Å²) in [6.07, 6.45) is 5.09. The Morgan fingerprint density at radius 1 is 1.21 bits per heavy atom. The molecule has 4 rings (SSSR count). The molecule has 140 valence electrons. The van der Waals surface area contributed by atoms with E-state index in [4.69, 9.17) is 4.74 Å². The molecular formula is C20H17N5O2S. The van der Waals surface area contributed by atoms with Crippen molar-refractivity contribution in [3.63, 3.8) is 0 Å². The summed E-state index contributed by atoms with van der Waals surface area (Å²) in [5, 5.41) is 9.94. The van der Waals surface area contributed by atoms with Gasteiger partial charge in [0.05, 0.1) is 22.6 Å². The Hall–Kier alpha value is -3.52. The van der Waals surface area contributed by atoms with E-state index in [2.05, 4.69) is 20.4 Å². The van der Waals surface area contributed by atoms with E-state index in [1.807, 2.05) is 18.4 Å². The maximum absolute atomic E-state index is 12.4. The number of benzene rings is 1. The molecule has 7 nitrogen and oxygen atoms in total. The Kier molecular flexibility index (Phi) is 5.11. The molecule has 0 aliphatic rings. The van der Waals surface area contributed by atoms with Gasteiger partial charge in [-0.25, -0.2) is 14.6 Å². The summed E-state index contributed by atoms with van der Waals surface area (Å²) < 4.78 is 7.35. The summed E-state index contributed by atoms with van der Waals surface area (Å²) in [6.45, 7) is 2.37. The van der Waals surface area contributed by atoms with Crippen molar-refractivity contribution in [2.75, 3.05) is 5.32 Å². The zero-order valence-electron chi connectivity index (χ0n) is 15.1. The summed E-state index contributed by atoms with van der Waals surface area (Å²) in [6, 6.07) is 12.4. The SMILES string of the molecule is Cc1nc(COc2ccc(C(=O)Nc3ccc(-n4cccn4)nc3)cc2)cs1. The van der Waals surface area contributed by atoms with Gasteiger partial charge in [0.2, 0.25) is 0 Å². The van der Waals surface area contributed by atoms with E-state index in [0.717, 1.165) is 10.7 Å². The number of carbonyl (C=O) groups is 1. The number of rotatable bonds is 6. The Balaban J connectivity index is 1.35. The Bertz CT molecular complexity index is 1060. The molecule has 0 saturated heterocycles. The number of nitrogens with one attached hydrogen (secondary N) is 1. The lowest BCUT2D eigenvalue weighted by molar-refractivity contribution is 0.102. The summed E-state index contributed by atoms with van der Waals surface area (Å²) >= 11 is 1.59. The lowest BCUT2D eigenvalue weighted by atomic mass is 10.2. The molecule has 0 aliphatic heterocycles. The number of ether oxygens (including phenoxy) is 1. The molecule has 1 N–H and O–H groups in total. The third-order valence-electron chi connectivity index (χ3n) is 3.91. The molecular weight excluding hydrogens is 374 g/mol. The number of hydrogen-bond acceptors (Lipinski definition) is 6. The molecule has 28 heavy (non-hydrogen) atoms. The molecule has 0 atom stereocenters. The number of aromatic nitrogens is 4. The van der Waals surface area contributed by atoms with Crippen LogP contribution < -0.4 is 10.1 Å². The standard InChI is InChI=1S/C20H17N5O2S/c1-14-23-17(13-28-14)12-27-18-6-3-15(4-7-18)20(26)24-16-5-8-19(21-11-16)25-10-2-9-22-25/h2-11,13H,12H2,1H3,(H,24,26). The third-order valence-corrected chi connectivity index (χ3v) is 4.74. The highest BCUT2D eigenvalue weighted by molar-refractivity contribution is 7.09. The fourth-order valence-corrected chi connectivity index (χ4v) is 3.13. The van der Waals surface area contributed by atoms with Gasteiger partial charge in [-0.15, -0.1) is 11.3 Å². The van der Waals surface area contributed by atoms with Crippen LogP contribution in [0.3, 0.4) is 0 Å². The lowest BCUT2D eigenvalue weighted by Gasteiger charge is -2.08. The molecule has 0 saturated carbocycles. The van der Waals surface area contributed by atoms with Gasteiger partial charge in [0, 0.05) is 23.3 Å². The average Bonchev–Trinajstić information content (AvgIpc) is 3.39. The number of pyridine rings is 1. The number of hydrogen-bond donors (Lipinski definition) is 1. The van der Waals surface area contributed by atoms with Crippen molar-refractivity contribution >= 4 is 22.9 Å². The predicted octanol–water partition coefficient (Wildman–Crippen LogP) is 3.86. The molecule has 4 aromatic rings. The van der Waals surface area contributed by atoms with E-state index in [-0.39, 0.29) is 5.91 Å². The van der Waals surface area contributed by atoms with Gasteiger partial charge in [-0.05, 0) is 49.4 Å². The first-order valence-corrected chi connectivity index (χ1v) is 9.47. The molecule has 0 spiro atoms. The van der Waals surface area contributed by atoms with E-state index in [1.54, 1.807) is 71.0 Å². The number of carbonyl (C=O) groups excluding carboxylic acids is 1. The summed E-state index contributed by atoms with van der Waals surface area (Å²) in [4.78, 5) is 21.1. The second-order valence-electron chi connectivity index (χ2n) is 5.98. The van der Waals surface area contributed by atoms with Gasteiger partial charge in [0.1, 0.15) is 12.4 Å². The van der Waals surface area contributed by atoms with Crippen molar-refractivity contribution in [2.45, 2.75) is 13.5 Å². The third kappa shape index (κ3) is 4.24. The molecule has 3 heterocycles. The molecule has 0 aliphatic carbocycles. The van der Waals surface area contributed by atoms with Crippen LogP contribution in [-0.4, -0.2) is 25.7 Å². The van der Waals surface area contributed by atoms with Crippen molar-refractivity contribution in [3.8, 4) is 11.6 Å².